The molecular weight excluding hydrogens is 127 g/mol. The van der Waals surface area contributed by atoms with Crippen molar-refractivity contribution in [1.82, 2.24) is 9.62 Å². The first-order valence-corrected chi connectivity index (χ1v) is 3.54. The Hall–Kier alpha value is -0.0551. The zero-order valence-electron chi connectivity index (χ0n) is 7.59. The van der Waals surface area contributed by atoms with Crippen molar-refractivity contribution in [2.24, 2.45) is 0 Å². The second kappa shape index (κ2) is 4.71. The Balaban J connectivity index is 3.73. The second-order valence-electron chi connectivity index (χ2n) is 2.71. The highest BCUT2D eigenvalue weighted by molar-refractivity contribution is 6.44. The zero-order valence-corrected chi connectivity index (χ0v) is 7.59. The van der Waals surface area contributed by atoms with Gasteiger partial charge in [-0.2, -0.15) is 0 Å². The normalized spacial score (nSPS) is 11.1. The molecule has 0 aliphatic rings. The maximum absolute atomic E-state index is 5.42. The van der Waals surface area contributed by atoms with Crippen molar-refractivity contribution in [2.75, 3.05) is 34.8 Å². The van der Waals surface area contributed by atoms with Crippen molar-refractivity contribution in [3.63, 3.8) is 0 Å². The van der Waals surface area contributed by atoms with Crippen LogP contribution in [-0.4, -0.2) is 51.6 Å². The van der Waals surface area contributed by atoms with Crippen LogP contribution in [0.25, 0.3) is 0 Å². The smallest absolute Gasteiger partial charge is 0.408 e. The molecule has 0 N–H and O–H groups in total. The summed E-state index contributed by atoms with van der Waals surface area (Å²) in [6.45, 7) is 2.75. The molecule has 0 fully saturated rings. The van der Waals surface area contributed by atoms with E-state index in [2.05, 4.69) is 0 Å². The lowest BCUT2D eigenvalue weighted by Gasteiger charge is -2.24. The van der Waals surface area contributed by atoms with Gasteiger partial charge in [-0.3, -0.25) is 0 Å². The van der Waals surface area contributed by atoms with Gasteiger partial charge in [-0.25, -0.2) is 0 Å². The van der Waals surface area contributed by atoms with Gasteiger partial charge in [-0.1, -0.05) is 0 Å². The number of rotatable bonds is 4. The lowest BCUT2D eigenvalue weighted by Crippen LogP contribution is -2.48. The standard InChI is InChI=1S/C6H17BN2O/c1-6-10-7(8(2)3)9(4)5/h6H2,1-5H3. The molecule has 0 rings (SSSR count). The lowest BCUT2D eigenvalue weighted by molar-refractivity contribution is 0.258. The quantitative estimate of drug-likeness (QED) is 0.521. The average Bonchev–Trinajstić information content (AvgIpc) is 1.81. The highest BCUT2D eigenvalue weighted by Gasteiger charge is 2.21. The van der Waals surface area contributed by atoms with Crippen LogP contribution in [0.15, 0.2) is 0 Å². The molecule has 0 amide bonds. The van der Waals surface area contributed by atoms with Crippen LogP contribution in [0.2, 0.25) is 0 Å². The fraction of sp³-hybridized carbons (Fsp3) is 1.00. The summed E-state index contributed by atoms with van der Waals surface area (Å²) in [4.78, 5) is 4.06. The fourth-order valence-electron chi connectivity index (χ4n) is 0.909. The summed E-state index contributed by atoms with van der Waals surface area (Å²) in [6.07, 6.45) is 0. The maximum Gasteiger partial charge on any atom is 0.478 e. The third-order valence-electron chi connectivity index (χ3n) is 1.20. The molecule has 0 aliphatic carbocycles. The van der Waals surface area contributed by atoms with Crippen molar-refractivity contribution in [3.8, 4) is 0 Å². The van der Waals surface area contributed by atoms with Gasteiger partial charge in [0.05, 0.1) is 0 Å². The van der Waals surface area contributed by atoms with Crippen LogP contribution in [0.1, 0.15) is 6.92 Å². The average molecular weight is 144 g/mol. The first-order chi connectivity index (χ1) is 4.59. The SMILES string of the molecule is CCOB(N(C)C)N(C)C. The number of hydrogen-bond donors (Lipinski definition) is 0. The second-order valence-corrected chi connectivity index (χ2v) is 2.71. The zero-order chi connectivity index (χ0) is 8.15. The highest BCUT2D eigenvalue weighted by Crippen LogP contribution is 1.92. The first kappa shape index (κ1) is 9.94. The first-order valence-electron chi connectivity index (χ1n) is 3.54. The third kappa shape index (κ3) is 3.20. The van der Waals surface area contributed by atoms with E-state index in [0.717, 1.165) is 6.61 Å². The molecule has 0 aromatic rings. The molecule has 3 nitrogen and oxygen atoms in total. The van der Waals surface area contributed by atoms with Crippen molar-refractivity contribution < 1.29 is 4.65 Å². The van der Waals surface area contributed by atoms with Crippen LogP contribution >= 0.6 is 0 Å². The van der Waals surface area contributed by atoms with Crippen LogP contribution in [0, 0.1) is 0 Å². The highest BCUT2D eigenvalue weighted by atomic mass is 16.5. The van der Waals surface area contributed by atoms with Gasteiger partial charge < -0.3 is 14.3 Å². The summed E-state index contributed by atoms with van der Waals surface area (Å²) < 4.78 is 5.42. The van der Waals surface area contributed by atoms with Gasteiger partial charge in [-0.05, 0) is 35.1 Å². The van der Waals surface area contributed by atoms with E-state index in [9.17, 15) is 0 Å². The minimum absolute atomic E-state index is 0.102. The van der Waals surface area contributed by atoms with E-state index in [4.69, 9.17) is 4.65 Å². The van der Waals surface area contributed by atoms with Gasteiger partial charge in [-0.15, -0.1) is 0 Å². The Kier molecular flexibility index (Phi) is 4.69. The van der Waals surface area contributed by atoms with E-state index in [1.54, 1.807) is 0 Å². The molecule has 4 heteroatoms. The molecule has 0 aromatic carbocycles. The predicted octanol–water partition coefficient (Wildman–Crippen LogP) is 0.131. The Bertz CT molecular complexity index is 79.8. The summed E-state index contributed by atoms with van der Waals surface area (Å²) in [5, 5.41) is 0. The molecule has 0 aliphatic heterocycles. The molecule has 10 heavy (non-hydrogen) atoms. The van der Waals surface area contributed by atoms with Crippen LogP contribution in [-0.2, 0) is 4.65 Å². The molecule has 0 bridgehead atoms. The van der Waals surface area contributed by atoms with Crippen LogP contribution < -0.4 is 0 Å². The lowest BCUT2D eigenvalue weighted by atomic mass is 9.97. The summed E-state index contributed by atoms with van der Waals surface area (Å²) >= 11 is 0. The summed E-state index contributed by atoms with van der Waals surface area (Å²) in [7, 11) is 8.10. The van der Waals surface area contributed by atoms with E-state index in [0.29, 0.717) is 0 Å². The summed E-state index contributed by atoms with van der Waals surface area (Å²) in [5.74, 6) is 0. The minimum atomic E-state index is 0.102. The molecule has 0 radical (unpaired) electrons. The van der Waals surface area contributed by atoms with E-state index < -0.39 is 0 Å². The Morgan fingerprint density at radius 3 is 1.60 bits per heavy atom. The molecule has 0 saturated heterocycles. The number of nitrogens with zero attached hydrogens (tertiary/aromatic N) is 2. The minimum Gasteiger partial charge on any atom is -0.408 e. The van der Waals surface area contributed by atoms with E-state index in [1.165, 1.54) is 0 Å². The molecule has 60 valence electrons. The van der Waals surface area contributed by atoms with Gasteiger partial charge in [0.25, 0.3) is 0 Å². The molecule has 0 heterocycles. The van der Waals surface area contributed by atoms with Crippen LogP contribution in [0.5, 0.6) is 0 Å². The maximum atomic E-state index is 5.42. The molecule has 0 saturated carbocycles. The summed E-state index contributed by atoms with van der Waals surface area (Å²) in [6, 6.07) is 0. The van der Waals surface area contributed by atoms with Gasteiger partial charge in [0.1, 0.15) is 0 Å². The fourth-order valence-corrected chi connectivity index (χ4v) is 0.909. The molecule has 0 aromatic heterocycles. The van der Waals surface area contributed by atoms with Crippen LogP contribution in [0.4, 0.5) is 0 Å². The Morgan fingerprint density at radius 2 is 1.50 bits per heavy atom. The molecule has 0 unspecified atom stereocenters. The van der Waals surface area contributed by atoms with E-state index in [-0.39, 0.29) is 7.19 Å². The largest absolute Gasteiger partial charge is 0.478 e. The number of hydrogen-bond acceptors (Lipinski definition) is 3. The van der Waals surface area contributed by atoms with Crippen molar-refractivity contribution in [1.29, 1.82) is 0 Å². The summed E-state index contributed by atoms with van der Waals surface area (Å²) in [5.41, 5.74) is 0. The third-order valence-corrected chi connectivity index (χ3v) is 1.20. The predicted molar refractivity (Wildman–Crippen MR) is 44.8 cm³/mol. The van der Waals surface area contributed by atoms with E-state index >= 15 is 0 Å². The van der Waals surface area contributed by atoms with Crippen LogP contribution in [0.3, 0.4) is 0 Å². The topological polar surface area (TPSA) is 15.7 Å². The molecular formula is C6H17BN2O. The molecule has 0 spiro atoms. The van der Waals surface area contributed by atoms with Gasteiger partial charge in [0.2, 0.25) is 0 Å². The Labute approximate surface area is 64.1 Å². The molecule has 0 atom stereocenters. The van der Waals surface area contributed by atoms with E-state index in [1.807, 2.05) is 44.7 Å². The van der Waals surface area contributed by atoms with Crippen molar-refractivity contribution >= 4 is 7.19 Å². The Morgan fingerprint density at radius 1 is 1.10 bits per heavy atom. The van der Waals surface area contributed by atoms with Crippen molar-refractivity contribution in [2.45, 2.75) is 6.92 Å². The monoisotopic (exact) mass is 144 g/mol. The van der Waals surface area contributed by atoms with Gasteiger partial charge >= 0.3 is 7.19 Å². The van der Waals surface area contributed by atoms with Crippen molar-refractivity contribution in [3.05, 3.63) is 0 Å². The van der Waals surface area contributed by atoms with Gasteiger partial charge in [0.15, 0.2) is 0 Å². The van der Waals surface area contributed by atoms with Gasteiger partial charge in [0, 0.05) is 6.61 Å².